The molecule has 0 spiro atoms. The molecular weight excluding hydrogens is 251 g/mol. The van der Waals surface area contributed by atoms with Gasteiger partial charge >= 0.3 is 5.97 Å². The second kappa shape index (κ2) is 6.84. The van der Waals surface area contributed by atoms with E-state index in [2.05, 4.69) is 5.32 Å². The van der Waals surface area contributed by atoms with Crippen molar-refractivity contribution in [2.24, 2.45) is 5.73 Å². The topological polar surface area (TPSA) is 92.4 Å². The molecular formula is C13H17FN2O3. The number of nitrogens with two attached hydrogens (primary N) is 1. The first kappa shape index (κ1) is 15.1. The first-order chi connectivity index (χ1) is 8.93. The van der Waals surface area contributed by atoms with E-state index in [1.807, 2.05) is 6.92 Å². The molecule has 0 fully saturated rings. The number of carbonyl (C=O) groups excluding carboxylic acids is 1. The fourth-order valence-electron chi connectivity index (χ4n) is 1.72. The molecule has 0 aliphatic heterocycles. The summed E-state index contributed by atoms with van der Waals surface area (Å²) in [6.07, 6.45) is 1.63. The SMILES string of the molecule is CCCC(N)CC(=O)Nc1cc(F)ccc1C(=O)O. The van der Waals surface area contributed by atoms with Crippen LogP contribution in [-0.4, -0.2) is 23.0 Å². The lowest BCUT2D eigenvalue weighted by molar-refractivity contribution is -0.116. The van der Waals surface area contributed by atoms with Crippen LogP contribution in [0.25, 0.3) is 0 Å². The van der Waals surface area contributed by atoms with E-state index in [4.69, 9.17) is 10.8 Å². The van der Waals surface area contributed by atoms with E-state index in [0.717, 1.165) is 24.6 Å². The van der Waals surface area contributed by atoms with Gasteiger partial charge in [0.05, 0.1) is 11.3 Å². The number of carbonyl (C=O) groups is 2. The zero-order chi connectivity index (χ0) is 14.4. The summed E-state index contributed by atoms with van der Waals surface area (Å²) in [7, 11) is 0. The Bertz CT molecular complexity index is 477. The lowest BCUT2D eigenvalue weighted by atomic mass is 10.1. The largest absolute Gasteiger partial charge is 0.478 e. The maximum absolute atomic E-state index is 13.1. The standard InChI is InChI=1S/C13H17FN2O3/c1-2-3-9(15)7-12(17)16-11-6-8(14)4-5-10(11)13(18)19/h4-6,9H,2-3,7,15H2,1H3,(H,16,17)(H,18,19). The molecule has 1 amide bonds. The Morgan fingerprint density at radius 2 is 2.16 bits per heavy atom. The summed E-state index contributed by atoms with van der Waals surface area (Å²) >= 11 is 0. The monoisotopic (exact) mass is 268 g/mol. The lowest BCUT2D eigenvalue weighted by Crippen LogP contribution is -2.27. The van der Waals surface area contributed by atoms with Crippen LogP contribution < -0.4 is 11.1 Å². The summed E-state index contributed by atoms with van der Waals surface area (Å²) in [6, 6.07) is 2.83. The Labute approximate surface area is 110 Å². The number of halogens is 1. The molecule has 0 saturated heterocycles. The third-order valence-electron chi connectivity index (χ3n) is 2.59. The average Bonchev–Trinajstić information content (AvgIpc) is 2.28. The van der Waals surface area contributed by atoms with Gasteiger partial charge in [0.15, 0.2) is 0 Å². The Morgan fingerprint density at radius 3 is 2.74 bits per heavy atom. The number of carboxylic acids is 1. The highest BCUT2D eigenvalue weighted by Gasteiger charge is 2.15. The van der Waals surface area contributed by atoms with Crippen LogP contribution in [0, 0.1) is 5.82 Å². The van der Waals surface area contributed by atoms with Crippen LogP contribution in [0.1, 0.15) is 36.5 Å². The van der Waals surface area contributed by atoms with E-state index in [9.17, 15) is 14.0 Å². The molecule has 0 radical (unpaired) electrons. The van der Waals surface area contributed by atoms with Crippen molar-refractivity contribution in [3.05, 3.63) is 29.6 Å². The summed E-state index contributed by atoms with van der Waals surface area (Å²) in [5, 5.41) is 11.3. The van der Waals surface area contributed by atoms with Crippen molar-refractivity contribution in [1.29, 1.82) is 0 Å². The van der Waals surface area contributed by atoms with Gasteiger partial charge in [-0.1, -0.05) is 13.3 Å². The number of hydrogen-bond acceptors (Lipinski definition) is 3. The number of amides is 1. The predicted octanol–water partition coefficient (Wildman–Crippen LogP) is 1.98. The molecule has 0 bridgehead atoms. The van der Waals surface area contributed by atoms with E-state index >= 15 is 0 Å². The van der Waals surface area contributed by atoms with Gasteiger partial charge in [0.2, 0.25) is 5.91 Å². The van der Waals surface area contributed by atoms with Gasteiger partial charge in [-0.25, -0.2) is 9.18 Å². The smallest absolute Gasteiger partial charge is 0.337 e. The van der Waals surface area contributed by atoms with Crippen LogP contribution >= 0.6 is 0 Å². The van der Waals surface area contributed by atoms with Gasteiger partial charge in [-0.3, -0.25) is 4.79 Å². The number of rotatable bonds is 6. The van der Waals surface area contributed by atoms with Crippen LogP contribution in [-0.2, 0) is 4.79 Å². The minimum absolute atomic E-state index is 0.0544. The van der Waals surface area contributed by atoms with Crippen LogP contribution in [0.15, 0.2) is 18.2 Å². The van der Waals surface area contributed by atoms with Crippen LogP contribution in [0.3, 0.4) is 0 Å². The quantitative estimate of drug-likeness (QED) is 0.735. The molecule has 1 aromatic carbocycles. The number of benzene rings is 1. The summed E-state index contributed by atoms with van der Waals surface area (Å²) in [5.74, 6) is -2.26. The van der Waals surface area contributed by atoms with Crippen molar-refractivity contribution in [2.45, 2.75) is 32.2 Å². The number of anilines is 1. The maximum atomic E-state index is 13.1. The van der Waals surface area contributed by atoms with E-state index in [1.165, 1.54) is 0 Å². The minimum atomic E-state index is -1.23. The van der Waals surface area contributed by atoms with Gasteiger partial charge in [0.1, 0.15) is 5.82 Å². The molecule has 4 N–H and O–H groups in total. The van der Waals surface area contributed by atoms with Gasteiger partial charge < -0.3 is 16.2 Å². The van der Waals surface area contributed by atoms with Crippen molar-refractivity contribution < 1.29 is 19.1 Å². The molecule has 0 aliphatic rings. The van der Waals surface area contributed by atoms with Gasteiger partial charge in [-0.2, -0.15) is 0 Å². The van der Waals surface area contributed by atoms with Gasteiger partial charge in [0.25, 0.3) is 0 Å². The van der Waals surface area contributed by atoms with Crippen molar-refractivity contribution in [1.82, 2.24) is 0 Å². The second-order valence-electron chi connectivity index (χ2n) is 4.30. The summed E-state index contributed by atoms with van der Waals surface area (Å²) in [6.45, 7) is 1.95. The van der Waals surface area contributed by atoms with Crippen LogP contribution in [0.4, 0.5) is 10.1 Å². The molecule has 1 unspecified atom stereocenters. The molecule has 104 valence electrons. The van der Waals surface area contributed by atoms with Gasteiger partial charge in [-0.15, -0.1) is 0 Å². The van der Waals surface area contributed by atoms with Crippen LogP contribution in [0.5, 0.6) is 0 Å². The molecule has 5 nitrogen and oxygen atoms in total. The van der Waals surface area contributed by atoms with Crippen LogP contribution in [0.2, 0.25) is 0 Å². The van der Waals surface area contributed by atoms with Crippen molar-refractivity contribution >= 4 is 17.6 Å². The molecule has 19 heavy (non-hydrogen) atoms. The molecule has 1 atom stereocenters. The van der Waals surface area contributed by atoms with E-state index in [-0.39, 0.29) is 23.7 Å². The Kier molecular flexibility index (Phi) is 5.44. The lowest BCUT2D eigenvalue weighted by Gasteiger charge is -2.12. The fraction of sp³-hybridized carbons (Fsp3) is 0.385. The maximum Gasteiger partial charge on any atom is 0.337 e. The number of aromatic carboxylic acids is 1. The zero-order valence-electron chi connectivity index (χ0n) is 10.6. The molecule has 1 rings (SSSR count). The highest BCUT2D eigenvalue weighted by atomic mass is 19.1. The Hall–Kier alpha value is -1.95. The Morgan fingerprint density at radius 1 is 1.47 bits per heavy atom. The number of carboxylic acid groups (broad SMARTS) is 1. The van der Waals surface area contributed by atoms with E-state index in [0.29, 0.717) is 6.42 Å². The third-order valence-corrected chi connectivity index (χ3v) is 2.59. The van der Waals surface area contributed by atoms with Gasteiger partial charge in [-0.05, 0) is 24.6 Å². The molecule has 0 aliphatic carbocycles. The van der Waals surface area contributed by atoms with Crippen molar-refractivity contribution in [3.8, 4) is 0 Å². The number of nitrogens with one attached hydrogen (secondary N) is 1. The summed E-state index contributed by atoms with van der Waals surface area (Å²) < 4.78 is 13.1. The van der Waals surface area contributed by atoms with Gasteiger partial charge in [0, 0.05) is 12.5 Å². The summed E-state index contributed by atoms with van der Waals surface area (Å²) in [4.78, 5) is 22.6. The Balaban J connectivity index is 2.78. The van der Waals surface area contributed by atoms with Crippen molar-refractivity contribution in [3.63, 3.8) is 0 Å². The molecule has 1 aromatic rings. The minimum Gasteiger partial charge on any atom is -0.478 e. The summed E-state index contributed by atoms with van der Waals surface area (Å²) in [5.41, 5.74) is 5.51. The highest BCUT2D eigenvalue weighted by molar-refractivity contribution is 6.00. The highest BCUT2D eigenvalue weighted by Crippen LogP contribution is 2.17. The predicted molar refractivity (Wildman–Crippen MR) is 69.5 cm³/mol. The molecule has 6 heteroatoms. The van der Waals surface area contributed by atoms with E-state index in [1.54, 1.807) is 0 Å². The van der Waals surface area contributed by atoms with E-state index < -0.39 is 17.7 Å². The van der Waals surface area contributed by atoms with Crippen molar-refractivity contribution in [2.75, 3.05) is 5.32 Å². The second-order valence-corrected chi connectivity index (χ2v) is 4.30. The molecule has 0 saturated carbocycles. The third kappa shape index (κ3) is 4.67. The average molecular weight is 268 g/mol. The fourth-order valence-corrected chi connectivity index (χ4v) is 1.72. The zero-order valence-corrected chi connectivity index (χ0v) is 10.6. The molecule has 0 aromatic heterocycles. The normalized spacial score (nSPS) is 11.9. The first-order valence-corrected chi connectivity index (χ1v) is 6.02. The first-order valence-electron chi connectivity index (χ1n) is 6.02. The molecule has 0 heterocycles. The number of hydrogen-bond donors (Lipinski definition) is 3.